The number of rotatable bonds is 5. The number of aryl methyl sites for hydroxylation is 1. The van der Waals surface area contributed by atoms with Gasteiger partial charge in [-0.3, -0.25) is 5.10 Å². The molecule has 1 N–H and O–H groups in total. The lowest BCUT2D eigenvalue weighted by molar-refractivity contribution is 0.415. The molecule has 22 heavy (non-hydrogen) atoms. The van der Waals surface area contributed by atoms with Gasteiger partial charge in [0.05, 0.1) is 7.11 Å². The van der Waals surface area contributed by atoms with Gasteiger partial charge in [0, 0.05) is 11.3 Å². The van der Waals surface area contributed by atoms with E-state index in [1.807, 2.05) is 24.3 Å². The summed E-state index contributed by atoms with van der Waals surface area (Å²) in [6, 6.07) is 16.3. The van der Waals surface area contributed by atoms with Gasteiger partial charge in [-0.25, -0.2) is 4.98 Å². The highest BCUT2D eigenvalue weighted by atomic mass is 32.2. The Kier molecular flexibility index (Phi) is 4.44. The van der Waals surface area contributed by atoms with E-state index < -0.39 is 0 Å². The zero-order valence-corrected chi connectivity index (χ0v) is 13.4. The van der Waals surface area contributed by atoms with Crippen molar-refractivity contribution in [1.29, 1.82) is 0 Å². The van der Waals surface area contributed by atoms with E-state index in [0.717, 1.165) is 28.0 Å². The zero-order chi connectivity index (χ0) is 15.4. The molecule has 2 aromatic carbocycles. The van der Waals surface area contributed by atoms with Crippen molar-refractivity contribution in [2.45, 2.75) is 17.8 Å². The quantitative estimate of drug-likeness (QED) is 0.721. The highest BCUT2D eigenvalue weighted by molar-refractivity contribution is 7.98. The standard InChI is InChI=1S/C17H17N3OS/c1-12-3-5-13(6-4-12)11-22-17-18-16(19-20-17)14-7-9-15(21-2)10-8-14/h3-10H,11H2,1-2H3,(H,18,19,20). The lowest BCUT2D eigenvalue weighted by Gasteiger charge is -2.00. The summed E-state index contributed by atoms with van der Waals surface area (Å²) >= 11 is 1.62. The molecule has 0 fully saturated rings. The third kappa shape index (κ3) is 3.49. The van der Waals surface area contributed by atoms with Crippen molar-refractivity contribution in [2.24, 2.45) is 0 Å². The van der Waals surface area contributed by atoms with Crippen LogP contribution in [0.4, 0.5) is 0 Å². The molecule has 0 spiro atoms. The summed E-state index contributed by atoms with van der Waals surface area (Å²) in [4.78, 5) is 4.52. The average Bonchev–Trinajstić information content (AvgIpc) is 3.03. The number of hydrogen-bond acceptors (Lipinski definition) is 4. The Morgan fingerprint density at radius 2 is 1.77 bits per heavy atom. The lowest BCUT2D eigenvalue weighted by atomic mass is 10.2. The van der Waals surface area contributed by atoms with Gasteiger partial charge in [0.1, 0.15) is 5.75 Å². The number of nitrogens with one attached hydrogen (secondary N) is 1. The average molecular weight is 311 g/mol. The van der Waals surface area contributed by atoms with Gasteiger partial charge in [-0.1, -0.05) is 41.6 Å². The largest absolute Gasteiger partial charge is 0.497 e. The molecule has 4 nitrogen and oxygen atoms in total. The number of nitrogens with zero attached hydrogens (tertiary/aromatic N) is 2. The second kappa shape index (κ2) is 6.66. The first-order valence-corrected chi connectivity index (χ1v) is 7.98. The SMILES string of the molecule is COc1ccc(-c2nc(SCc3ccc(C)cc3)n[nH]2)cc1. The van der Waals surface area contributed by atoms with Crippen molar-refractivity contribution < 1.29 is 4.74 Å². The Labute approximate surface area is 133 Å². The van der Waals surface area contributed by atoms with Crippen molar-refractivity contribution in [3.63, 3.8) is 0 Å². The van der Waals surface area contributed by atoms with Crippen LogP contribution in [-0.2, 0) is 5.75 Å². The molecular weight excluding hydrogens is 294 g/mol. The van der Waals surface area contributed by atoms with Crippen molar-refractivity contribution in [3.05, 3.63) is 59.7 Å². The van der Waals surface area contributed by atoms with Crippen LogP contribution in [0.2, 0.25) is 0 Å². The number of hydrogen-bond donors (Lipinski definition) is 1. The van der Waals surface area contributed by atoms with Gasteiger partial charge in [-0.05, 0) is 36.8 Å². The number of aromatic amines is 1. The fourth-order valence-electron chi connectivity index (χ4n) is 2.02. The van der Waals surface area contributed by atoms with E-state index >= 15 is 0 Å². The smallest absolute Gasteiger partial charge is 0.209 e. The molecule has 0 atom stereocenters. The van der Waals surface area contributed by atoms with Gasteiger partial charge in [-0.2, -0.15) is 0 Å². The molecule has 0 unspecified atom stereocenters. The fraction of sp³-hybridized carbons (Fsp3) is 0.176. The van der Waals surface area contributed by atoms with Gasteiger partial charge in [-0.15, -0.1) is 5.10 Å². The zero-order valence-electron chi connectivity index (χ0n) is 12.5. The highest BCUT2D eigenvalue weighted by Gasteiger charge is 2.06. The molecule has 0 saturated carbocycles. The summed E-state index contributed by atoms with van der Waals surface area (Å²) in [6.07, 6.45) is 0. The first-order chi connectivity index (χ1) is 10.7. The van der Waals surface area contributed by atoms with Crippen molar-refractivity contribution in [2.75, 3.05) is 7.11 Å². The molecule has 0 aliphatic rings. The topological polar surface area (TPSA) is 50.8 Å². The van der Waals surface area contributed by atoms with Crippen LogP contribution < -0.4 is 4.74 Å². The summed E-state index contributed by atoms with van der Waals surface area (Å²) in [5, 5.41) is 8.00. The molecule has 0 aliphatic carbocycles. The Morgan fingerprint density at radius 3 is 2.45 bits per heavy atom. The molecule has 5 heteroatoms. The van der Waals surface area contributed by atoms with Crippen LogP contribution in [0, 0.1) is 6.92 Å². The maximum atomic E-state index is 5.16. The molecule has 3 aromatic rings. The number of ether oxygens (including phenoxy) is 1. The molecule has 1 aromatic heterocycles. The van der Waals surface area contributed by atoms with E-state index in [0.29, 0.717) is 0 Å². The monoisotopic (exact) mass is 311 g/mol. The molecule has 0 saturated heterocycles. The van der Waals surface area contributed by atoms with Gasteiger partial charge >= 0.3 is 0 Å². The van der Waals surface area contributed by atoms with E-state index in [2.05, 4.69) is 46.4 Å². The second-order valence-corrected chi connectivity index (χ2v) is 5.91. The van der Waals surface area contributed by atoms with E-state index in [-0.39, 0.29) is 0 Å². The van der Waals surface area contributed by atoms with Crippen LogP contribution in [0.1, 0.15) is 11.1 Å². The molecular formula is C17H17N3OS. The summed E-state index contributed by atoms with van der Waals surface area (Å²) in [6.45, 7) is 2.09. The minimum atomic E-state index is 0.756. The van der Waals surface area contributed by atoms with Crippen LogP contribution in [-0.4, -0.2) is 22.3 Å². The third-order valence-corrected chi connectivity index (χ3v) is 4.24. The Hall–Kier alpha value is -2.27. The summed E-state index contributed by atoms with van der Waals surface area (Å²) in [5.41, 5.74) is 3.54. The highest BCUT2D eigenvalue weighted by Crippen LogP contribution is 2.23. The normalized spacial score (nSPS) is 10.6. The van der Waals surface area contributed by atoms with Crippen molar-refractivity contribution in [1.82, 2.24) is 15.2 Å². The number of H-pyrrole nitrogens is 1. The molecule has 112 valence electrons. The fourth-order valence-corrected chi connectivity index (χ4v) is 2.78. The molecule has 3 rings (SSSR count). The molecule has 0 amide bonds. The van der Waals surface area contributed by atoms with Gasteiger partial charge in [0.25, 0.3) is 0 Å². The predicted octanol–water partition coefficient (Wildman–Crippen LogP) is 4.08. The van der Waals surface area contributed by atoms with Gasteiger partial charge in [0.2, 0.25) is 5.16 Å². The van der Waals surface area contributed by atoms with E-state index in [1.54, 1.807) is 18.9 Å². The Bertz CT molecular complexity index is 735. The van der Waals surface area contributed by atoms with Crippen LogP contribution in [0.15, 0.2) is 53.7 Å². The van der Waals surface area contributed by atoms with E-state index in [4.69, 9.17) is 4.74 Å². The van der Waals surface area contributed by atoms with E-state index in [9.17, 15) is 0 Å². The van der Waals surface area contributed by atoms with Crippen molar-refractivity contribution in [3.8, 4) is 17.1 Å². The molecule has 0 radical (unpaired) electrons. The maximum absolute atomic E-state index is 5.16. The first-order valence-electron chi connectivity index (χ1n) is 7.00. The molecule has 0 aliphatic heterocycles. The molecule has 1 heterocycles. The predicted molar refractivity (Wildman–Crippen MR) is 89.1 cm³/mol. The van der Waals surface area contributed by atoms with Crippen LogP contribution >= 0.6 is 11.8 Å². The number of methoxy groups -OCH3 is 1. The number of benzene rings is 2. The summed E-state index contributed by atoms with van der Waals surface area (Å²) in [5.74, 6) is 2.46. The maximum Gasteiger partial charge on any atom is 0.209 e. The summed E-state index contributed by atoms with van der Waals surface area (Å²) < 4.78 is 5.16. The third-order valence-electron chi connectivity index (χ3n) is 3.32. The van der Waals surface area contributed by atoms with Crippen LogP contribution in [0.5, 0.6) is 5.75 Å². The Balaban J connectivity index is 1.66. The summed E-state index contributed by atoms with van der Waals surface area (Å²) in [7, 11) is 1.66. The van der Waals surface area contributed by atoms with Crippen molar-refractivity contribution >= 4 is 11.8 Å². The number of aromatic nitrogens is 3. The van der Waals surface area contributed by atoms with Gasteiger partial charge in [0.15, 0.2) is 5.82 Å². The van der Waals surface area contributed by atoms with Crippen LogP contribution in [0.3, 0.4) is 0 Å². The van der Waals surface area contributed by atoms with E-state index in [1.165, 1.54) is 11.1 Å². The Morgan fingerprint density at radius 1 is 1.05 bits per heavy atom. The first kappa shape index (κ1) is 14.7. The van der Waals surface area contributed by atoms with Crippen LogP contribution in [0.25, 0.3) is 11.4 Å². The minimum Gasteiger partial charge on any atom is -0.497 e. The lowest BCUT2D eigenvalue weighted by Crippen LogP contribution is -1.84. The minimum absolute atomic E-state index is 0.756. The van der Waals surface area contributed by atoms with Gasteiger partial charge < -0.3 is 4.74 Å². The number of thioether (sulfide) groups is 1. The second-order valence-electron chi connectivity index (χ2n) is 4.97. The molecule has 0 bridgehead atoms.